The van der Waals surface area contributed by atoms with Crippen LogP contribution in [0.25, 0.3) is 0 Å². The molecule has 1 amide bonds. The summed E-state index contributed by atoms with van der Waals surface area (Å²) in [5.41, 5.74) is 0.0747. The van der Waals surface area contributed by atoms with Crippen molar-refractivity contribution in [2.45, 2.75) is 19.5 Å². The minimum atomic E-state index is -4.45. The number of carbonyl (C=O) groups is 1. The highest BCUT2D eigenvalue weighted by Gasteiger charge is 2.34. The molecule has 8 heteroatoms. The lowest BCUT2D eigenvalue weighted by Gasteiger charge is -2.23. The quantitative estimate of drug-likeness (QED) is 0.701. The van der Waals surface area contributed by atoms with Gasteiger partial charge in [-0.25, -0.2) is 0 Å². The maximum atomic E-state index is 12.5. The van der Waals surface area contributed by atoms with Gasteiger partial charge in [0.2, 0.25) is 0 Å². The van der Waals surface area contributed by atoms with E-state index in [9.17, 15) is 18.0 Å². The summed E-state index contributed by atoms with van der Waals surface area (Å²) < 4.78 is 47.6. The van der Waals surface area contributed by atoms with E-state index < -0.39 is 18.6 Å². The fraction of sp³-hybridized carbons (Fsp3) is 0.583. The Morgan fingerprint density at radius 3 is 2.70 bits per heavy atom. The molecule has 0 aromatic carbocycles. The van der Waals surface area contributed by atoms with Crippen molar-refractivity contribution in [3.05, 3.63) is 22.6 Å². The molecule has 0 fully saturated rings. The Labute approximate surface area is 123 Å². The van der Waals surface area contributed by atoms with Gasteiger partial charge in [0.05, 0.1) is 11.8 Å². The molecular formula is C12H15BrF3NO3. The van der Waals surface area contributed by atoms with E-state index in [1.165, 1.54) is 12.3 Å². The average Bonchev–Trinajstić information content (AvgIpc) is 2.77. The maximum absolute atomic E-state index is 12.5. The van der Waals surface area contributed by atoms with E-state index >= 15 is 0 Å². The molecular weight excluding hydrogens is 343 g/mol. The van der Waals surface area contributed by atoms with Gasteiger partial charge in [0.15, 0.2) is 4.67 Å². The van der Waals surface area contributed by atoms with Crippen LogP contribution in [0.5, 0.6) is 0 Å². The number of rotatable bonds is 7. The standard InChI is InChI=1S/C12H15BrF3NO3/c1-2-19-6-3-5-17(8-12(14,15)16)11(18)9-4-7-20-10(9)13/h4,7H,2-3,5-6,8H2,1H3. The fourth-order valence-corrected chi connectivity index (χ4v) is 2.00. The SMILES string of the molecule is CCOCCCN(CC(F)(F)F)C(=O)c1ccoc1Br. The molecule has 0 atom stereocenters. The van der Waals surface area contributed by atoms with E-state index in [4.69, 9.17) is 9.15 Å². The van der Waals surface area contributed by atoms with Gasteiger partial charge >= 0.3 is 6.18 Å². The summed E-state index contributed by atoms with van der Waals surface area (Å²) in [6, 6.07) is 1.33. The lowest BCUT2D eigenvalue weighted by atomic mass is 10.2. The van der Waals surface area contributed by atoms with Crippen molar-refractivity contribution < 1.29 is 27.1 Å². The molecule has 1 aromatic rings. The fourth-order valence-electron chi connectivity index (χ4n) is 1.59. The molecule has 0 unspecified atom stereocenters. The van der Waals surface area contributed by atoms with Gasteiger partial charge < -0.3 is 14.1 Å². The smallest absolute Gasteiger partial charge is 0.406 e. The second kappa shape index (κ2) is 7.68. The van der Waals surface area contributed by atoms with Crippen LogP contribution in [-0.4, -0.2) is 43.3 Å². The molecule has 0 saturated carbocycles. The Hall–Kier alpha value is -1.02. The van der Waals surface area contributed by atoms with E-state index in [1.807, 2.05) is 0 Å². The molecule has 0 aliphatic heterocycles. The van der Waals surface area contributed by atoms with Crippen LogP contribution in [0.4, 0.5) is 13.2 Å². The molecule has 0 saturated heterocycles. The van der Waals surface area contributed by atoms with Crippen LogP contribution in [0, 0.1) is 0 Å². The molecule has 0 aliphatic rings. The maximum Gasteiger partial charge on any atom is 0.406 e. The summed E-state index contributed by atoms with van der Waals surface area (Å²) in [4.78, 5) is 12.8. The van der Waals surface area contributed by atoms with Crippen molar-refractivity contribution in [3.63, 3.8) is 0 Å². The highest BCUT2D eigenvalue weighted by atomic mass is 79.9. The summed E-state index contributed by atoms with van der Waals surface area (Å²) >= 11 is 2.99. The number of alkyl halides is 3. The van der Waals surface area contributed by atoms with Crippen molar-refractivity contribution in [1.29, 1.82) is 0 Å². The van der Waals surface area contributed by atoms with Crippen molar-refractivity contribution in [3.8, 4) is 0 Å². The molecule has 4 nitrogen and oxygen atoms in total. The zero-order valence-electron chi connectivity index (χ0n) is 10.9. The van der Waals surface area contributed by atoms with Gasteiger partial charge in [-0.3, -0.25) is 4.79 Å². The van der Waals surface area contributed by atoms with Gasteiger partial charge in [-0.2, -0.15) is 13.2 Å². The number of nitrogens with zero attached hydrogens (tertiary/aromatic N) is 1. The first-order valence-corrected chi connectivity index (χ1v) is 6.81. The Morgan fingerprint density at radius 2 is 2.20 bits per heavy atom. The van der Waals surface area contributed by atoms with Crippen molar-refractivity contribution in [2.24, 2.45) is 0 Å². The molecule has 1 rings (SSSR count). The zero-order valence-corrected chi connectivity index (χ0v) is 12.5. The lowest BCUT2D eigenvalue weighted by molar-refractivity contribution is -0.141. The number of hydrogen-bond acceptors (Lipinski definition) is 3. The molecule has 0 N–H and O–H groups in total. The van der Waals surface area contributed by atoms with E-state index in [2.05, 4.69) is 15.9 Å². The highest BCUT2D eigenvalue weighted by molar-refractivity contribution is 9.10. The first-order chi connectivity index (χ1) is 9.35. The number of amides is 1. The minimum Gasteiger partial charge on any atom is -0.457 e. The molecule has 0 aliphatic carbocycles. The van der Waals surface area contributed by atoms with Crippen LogP contribution < -0.4 is 0 Å². The third-order valence-corrected chi connectivity index (χ3v) is 3.04. The van der Waals surface area contributed by atoms with Crippen LogP contribution in [-0.2, 0) is 4.74 Å². The van der Waals surface area contributed by atoms with Crippen LogP contribution in [0.2, 0.25) is 0 Å². The number of ether oxygens (including phenoxy) is 1. The van der Waals surface area contributed by atoms with Gasteiger partial charge in [-0.15, -0.1) is 0 Å². The molecule has 20 heavy (non-hydrogen) atoms. The molecule has 0 radical (unpaired) electrons. The van der Waals surface area contributed by atoms with Crippen LogP contribution in [0.3, 0.4) is 0 Å². The normalized spacial score (nSPS) is 11.7. The van der Waals surface area contributed by atoms with Crippen LogP contribution in [0.15, 0.2) is 21.4 Å². The number of hydrogen-bond donors (Lipinski definition) is 0. The molecule has 1 aromatic heterocycles. The van der Waals surface area contributed by atoms with Crippen molar-refractivity contribution in [1.82, 2.24) is 4.90 Å². The van der Waals surface area contributed by atoms with Crippen LogP contribution in [0.1, 0.15) is 23.7 Å². The molecule has 1 heterocycles. The van der Waals surface area contributed by atoms with Crippen LogP contribution >= 0.6 is 15.9 Å². The third-order valence-electron chi connectivity index (χ3n) is 2.43. The number of carbonyl (C=O) groups excluding carboxylic acids is 1. The summed E-state index contributed by atoms with van der Waals surface area (Å²) in [6.07, 6.45) is -2.87. The van der Waals surface area contributed by atoms with Crippen molar-refractivity contribution in [2.75, 3.05) is 26.3 Å². The highest BCUT2D eigenvalue weighted by Crippen LogP contribution is 2.22. The predicted octanol–water partition coefficient (Wildman–Crippen LogP) is 3.47. The minimum absolute atomic E-state index is 0.0318. The topological polar surface area (TPSA) is 42.7 Å². The summed E-state index contributed by atoms with van der Waals surface area (Å²) in [6.45, 7) is 1.26. The second-order valence-corrected chi connectivity index (χ2v) is 4.72. The number of furan rings is 1. The molecule has 114 valence electrons. The largest absolute Gasteiger partial charge is 0.457 e. The summed E-state index contributed by atoms with van der Waals surface area (Å²) in [5.74, 6) is -0.723. The second-order valence-electron chi connectivity index (χ2n) is 4.00. The van der Waals surface area contributed by atoms with Gasteiger partial charge in [0, 0.05) is 19.8 Å². The predicted molar refractivity (Wildman–Crippen MR) is 69.5 cm³/mol. The van der Waals surface area contributed by atoms with Gasteiger partial charge in [-0.1, -0.05) is 0 Å². The third kappa shape index (κ3) is 5.54. The summed E-state index contributed by atoms with van der Waals surface area (Å²) in [7, 11) is 0. The van der Waals surface area contributed by atoms with Gasteiger partial charge in [-0.05, 0) is 35.3 Å². The Kier molecular flexibility index (Phi) is 6.54. The zero-order chi connectivity index (χ0) is 15.2. The van der Waals surface area contributed by atoms with E-state index in [0.717, 1.165) is 4.90 Å². The summed E-state index contributed by atoms with van der Waals surface area (Å²) in [5, 5.41) is 0. The van der Waals surface area contributed by atoms with E-state index in [1.54, 1.807) is 6.92 Å². The van der Waals surface area contributed by atoms with E-state index in [0.29, 0.717) is 19.6 Å². The van der Waals surface area contributed by atoms with Gasteiger partial charge in [0.25, 0.3) is 5.91 Å². The monoisotopic (exact) mass is 357 g/mol. The van der Waals surface area contributed by atoms with Crippen molar-refractivity contribution >= 4 is 21.8 Å². The average molecular weight is 358 g/mol. The Balaban J connectivity index is 2.71. The number of halogens is 4. The van der Waals surface area contributed by atoms with Gasteiger partial charge in [0.1, 0.15) is 6.54 Å². The first-order valence-electron chi connectivity index (χ1n) is 6.02. The molecule has 0 bridgehead atoms. The lowest BCUT2D eigenvalue weighted by Crippen LogP contribution is -2.40. The van der Waals surface area contributed by atoms with E-state index in [-0.39, 0.29) is 16.8 Å². The first kappa shape index (κ1) is 17.0. The Morgan fingerprint density at radius 1 is 1.50 bits per heavy atom. The Bertz CT molecular complexity index is 434. The molecule has 0 spiro atoms.